The second-order valence-electron chi connectivity index (χ2n) is 11.3. The van der Waals surface area contributed by atoms with Crippen molar-refractivity contribution in [2.24, 2.45) is 0 Å². The molecule has 7 aromatic carbocycles. The summed E-state index contributed by atoms with van der Waals surface area (Å²) in [6.07, 6.45) is 0. The highest BCUT2D eigenvalue weighted by Gasteiger charge is 2.33. The van der Waals surface area contributed by atoms with Crippen molar-refractivity contribution in [1.82, 2.24) is 4.57 Å². The van der Waals surface area contributed by atoms with Crippen molar-refractivity contribution in [2.45, 2.75) is 19.6 Å². The van der Waals surface area contributed by atoms with Gasteiger partial charge in [0, 0.05) is 41.7 Å². The maximum Gasteiger partial charge on any atom is 0.0542 e. The summed E-state index contributed by atoms with van der Waals surface area (Å²) >= 11 is 0. The number of nitrogens with zero attached hydrogens (tertiary/aromatic N) is 1. The monoisotopic (exact) mass is 596 g/mol. The number of para-hydroxylation sites is 1. The molecule has 0 spiro atoms. The average molecular weight is 597 g/mol. The number of anilines is 1. The first-order chi connectivity index (χ1) is 22.2. The molecule has 0 atom stereocenters. The normalized spacial score (nSPS) is 12.0. The van der Waals surface area contributed by atoms with E-state index in [4.69, 9.17) is 5.73 Å². The van der Waals surface area contributed by atoms with Crippen LogP contribution in [0.4, 0.5) is 5.69 Å². The molecule has 45 heavy (non-hydrogen) atoms. The molecular weight excluding hydrogens is 565 g/mol. The Bertz CT molecular complexity index is 2140. The minimum Gasteiger partial charge on any atom is -0.399 e. The van der Waals surface area contributed by atoms with Crippen molar-refractivity contribution in [3.63, 3.8) is 0 Å². The van der Waals surface area contributed by atoms with Gasteiger partial charge in [0.1, 0.15) is 0 Å². The van der Waals surface area contributed by atoms with E-state index in [1.165, 1.54) is 41.6 Å². The average Bonchev–Trinajstić information content (AvgIpc) is 3.43. The van der Waals surface area contributed by atoms with E-state index in [0.717, 1.165) is 22.3 Å². The second kappa shape index (κ2) is 11.2. The number of nitrogen functional groups attached to an aromatic ring is 1. The van der Waals surface area contributed by atoms with E-state index in [1.807, 2.05) is 6.07 Å². The van der Waals surface area contributed by atoms with Crippen LogP contribution in [0.2, 0.25) is 0 Å². The zero-order chi connectivity index (χ0) is 30.2. The summed E-state index contributed by atoms with van der Waals surface area (Å²) in [7, 11) is -1.72. The second-order valence-corrected chi connectivity index (χ2v) is 14.4. The molecule has 1 aromatic heterocycles. The molecule has 1 heterocycles. The molecule has 8 rings (SSSR count). The Morgan fingerprint density at radius 1 is 0.378 bits per heavy atom. The smallest absolute Gasteiger partial charge is 0.0542 e. The van der Waals surface area contributed by atoms with Gasteiger partial charge in [-0.05, 0) is 102 Å². The van der Waals surface area contributed by atoms with Crippen LogP contribution in [0.3, 0.4) is 0 Å². The molecule has 8 aromatic rings. The quantitative estimate of drug-likeness (QED) is 0.190. The molecule has 0 radical (unpaired) electrons. The van der Waals surface area contributed by atoms with Crippen LogP contribution in [0.5, 0.6) is 0 Å². The van der Waals surface area contributed by atoms with Crippen LogP contribution >= 0.6 is 10.0 Å². The molecule has 0 fully saturated rings. The number of nitrogens with two attached hydrogens (primary N) is 1. The van der Waals surface area contributed by atoms with Crippen LogP contribution in [0.25, 0.3) is 38.6 Å². The zero-order valence-corrected chi connectivity index (χ0v) is 25.6. The molecule has 0 saturated heterocycles. The van der Waals surface area contributed by atoms with Gasteiger partial charge in [-0.15, -0.1) is 10.0 Å². The Morgan fingerprint density at radius 2 is 0.800 bits per heavy atom. The van der Waals surface area contributed by atoms with E-state index in [0.29, 0.717) is 0 Å². The summed E-state index contributed by atoms with van der Waals surface area (Å²) < 4.78 is 2.33. The first-order valence-corrected chi connectivity index (χ1v) is 16.8. The third-order valence-corrected chi connectivity index (χ3v) is 12.6. The van der Waals surface area contributed by atoms with Crippen molar-refractivity contribution in [3.05, 3.63) is 182 Å². The van der Waals surface area contributed by atoms with E-state index in [1.54, 1.807) is 0 Å². The molecular formula is C42H32N2S. The van der Waals surface area contributed by atoms with Crippen molar-refractivity contribution < 1.29 is 0 Å². The summed E-state index contributed by atoms with van der Waals surface area (Å²) in [5, 5.41) is 2.36. The van der Waals surface area contributed by atoms with Crippen molar-refractivity contribution >= 4 is 37.5 Å². The maximum atomic E-state index is 6.31. The topological polar surface area (TPSA) is 30.9 Å². The minimum absolute atomic E-state index is 0.770. The van der Waals surface area contributed by atoms with E-state index < -0.39 is 10.0 Å². The Hall–Kier alpha value is -5.51. The lowest BCUT2D eigenvalue weighted by Crippen LogP contribution is -2.05. The first-order valence-electron chi connectivity index (χ1n) is 15.2. The van der Waals surface area contributed by atoms with E-state index in [9.17, 15) is 0 Å². The molecule has 0 amide bonds. The molecule has 0 unspecified atom stereocenters. The molecule has 2 nitrogen and oxygen atoms in total. The molecule has 2 N–H and O–H groups in total. The van der Waals surface area contributed by atoms with Gasteiger partial charge in [0.2, 0.25) is 0 Å². The van der Waals surface area contributed by atoms with Crippen molar-refractivity contribution in [2.75, 3.05) is 5.73 Å². The van der Waals surface area contributed by atoms with Crippen LogP contribution in [0, 0.1) is 0 Å². The van der Waals surface area contributed by atoms with Gasteiger partial charge >= 0.3 is 0 Å². The Kier molecular flexibility index (Phi) is 6.74. The van der Waals surface area contributed by atoms with Crippen molar-refractivity contribution in [1.29, 1.82) is 0 Å². The molecule has 3 heteroatoms. The lowest BCUT2D eigenvalue weighted by molar-refractivity contribution is 1.18. The van der Waals surface area contributed by atoms with Crippen LogP contribution in [0.1, 0.15) is 0 Å². The molecule has 0 aliphatic carbocycles. The van der Waals surface area contributed by atoms with Crippen LogP contribution in [0.15, 0.2) is 202 Å². The summed E-state index contributed by atoms with van der Waals surface area (Å²) in [4.78, 5) is 5.28. The Morgan fingerprint density at radius 3 is 1.33 bits per heavy atom. The van der Waals surface area contributed by atoms with E-state index in [2.05, 4.69) is 180 Å². The highest BCUT2D eigenvalue weighted by Crippen LogP contribution is 2.73. The first kappa shape index (κ1) is 27.1. The largest absolute Gasteiger partial charge is 0.399 e. The van der Waals surface area contributed by atoms with Gasteiger partial charge in [-0.3, -0.25) is 0 Å². The lowest BCUT2D eigenvalue weighted by Gasteiger charge is -2.42. The zero-order valence-electron chi connectivity index (χ0n) is 24.8. The number of hydrogen-bond acceptors (Lipinski definition) is 1. The lowest BCUT2D eigenvalue weighted by atomic mass is 10.0. The van der Waals surface area contributed by atoms with Crippen molar-refractivity contribution in [3.8, 4) is 16.8 Å². The SMILES string of the molecule is Nc1ccc2c(c1)c1cc(-c3ccc(S(c4ccccc4)(c4ccccc4)c4ccccc4)cc3)ccc1n2-c1ccccc1. The number of hydrogen-bond donors (Lipinski definition) is 1. The fourth-order valence-corrected chi connectivity index (χ4v) is 10.5. The highest BCUT2D eigenvalue weighted by molar-refractivity contribution is 8.34. The van der Waals surface area contributed by atoms with Crippen LogP contribution < -0.4 is 5.73 Å². The number of fused-ring (bicyclic) bond motifs is 3. The molecule has 0 saturated carbocycles. The van der Waals surface area contributed by atoms with Crippen LogP contribution in [-0.4, -0.2) is 4.57 Å². The van der Waals surface area contributed by atoms with E-state index in [-0.39, 0.29) is 0 Å². The minimum atomic E-state index is -1.72. The van der Waals surface area contributed by atoms with Gasteiger partial charge in [-0.25, -0.2) is 0 Å². The number of benzene rings is 7. The third-order valence-electron chi connectivity index (χ3n) is 8.64. The van der Waals surface area contributed by atoms with Gasteiger partial charge in [-0.1, -0.05) is 91.0 Å². The molecule has 216 valence electrons. The van der Waals surface area contributed by atoms with Gasteiger partial charge in [0.15, 0.2) is 0 Å². The predicted molar refractivity (Wildman–Crippen MR) is 191 cm³/mol. The van der Waals surface area contributed by atoms with Gasteiger partial charge < -0.3 is 10.3 Å². The van der Waals surface area contributed by atoms with Gasteiger partial charge in [0.25, 0.3) is 0 Å². The standard InChI is InChI=1S/C42H32N2S/c43-33-24-28-42-40(30-33)39-29-32(23-27-41(39)44(42)34-13-5-1-6-14-34)31-21-25-38(26-22-31)45(35-15-7-2-8-16-35,36-17-9-3-10-18-36)37-19-11-4-12-20-37/h1-30H,43H2. The fraction of sp³-hybridized carbons (Fsp3) is 0. The summed E-state index contributed by atoms with van der Waals surface area (Å²) in [5.74, 6) is 0. The summed E-state index contributed by atoms with van der Waals surface area (Å²) in [6.45, 7) is 0. The summed E-state index contributed by atoms with van der Waals surface area (Å²) in [5.41, 5.74) is 12.9. The molecule has 0 aliphatic rings. The number of rotatable bonds is 6. The van der Waals surface area contributed by atoms with Crippen LogP contribution in [-0.2, 0) is 0 Å². The third kappa shape index (κ3) is 4.52. The Balaban J connectivity index is 1.31. The Labute approximate surface area is 265 Å². The van der Waals surface area contributed by atoms with E-state index >= 15 is 0 Å². The fourth-order valence-electron chi connectivity index (χ4n) is 6.62. The van der Waals surface area contributed by atoms with Gasteiger partial charge in [-0.2, -0.15) is 0 Å². The highest BCUT2D eigenvalue weighted by atomic mass is 32.3. The molecule has 0 bridgehead atoms. The molecule has 0 aliphatic heterocycles. The van der Waals surface area contributed by atoms with Gasteiger partial charge in [0.05, 0.1) is 11.0 Å². The number of aromatic nitrogens is 1. The summed E-state index contributed by atoms with van der Waals surface area (Å²) in [6, 6.07) is 65.8. The predicted octanol–water partition coefficient (Wildman–Crippen LogP) is 11.4. The maximum absolute atomic E-state index is 6.31.